The lowest BCUT2D eigenvalue weighted by Crippen LogP contribution is -2.37. The maximum Gasteiger partial charge on any atom is 0.431 e. The van der Waals surface area contributed by atoms with Crippen molar-refractivity contribution in [3.63, 3.8) is 0 Å². The molecule has 1 aliphatic rings. The van der Waals surface area contributed by atoms with Crippen LogP contribution in [-0.2, 0) is 4.84 Å². The number of nitrogens with one attached hydrogen (secondary N) is 1. The van der Waals surface area contributed by atoms with E-state index in [0.717, 1.165) is 5.06 Å². The molecule has 64 valence electrons. The fraction of sp³-hybridized carbons (Fsp3) is 0.833. The molecule has 0 saturated carbocycles. The summed E-state index contributed by atoms with van der Waals surface area (Å²) in [5.74, 6) is 0. The highest BCUT2D eigenvalue weighted by molar-refractivity contribution is 5.63. The van der Waals surface area contributed by atoms with Gasteiger partial charge < -0.3 is 10.4 Å². The Balaban J connectivity index is 2.45. The molecule has 0 bridgehead atoms. The molecule has 2 N–H and O–H groups in total. The van der Waals surface area contributed by atoms with Crippen molar-refractivity contribution in [3.05, 3.63) is 0 Å². The van der Waals surface area contributed by atoms with Gasteiger partial charge in [-0.3, -0.25) is 4.84 Å². The van der Waals surface area contributed by atoms with E-state index in [4.69, 9.17) is 9.94 Å². The normalized spacial score (nSPS) is 26.3. The predicted molar refractivity (Wildman–Crippen MR) is 38.1 cm³/mol. The molecule has 0 radical (unpaired) electrons. The van der Waals surface area contributed by atoms with Crippen molar-refractivity contribution in [3.8, 4) is 0 Å². The number of hydrogen-bond donors (Lipinski definition) is 2. The van der Waals surface area contributed by atoms with Gasteiger partial charge in [0.25, 0.3) is 0 Å². The molecule has 1 aliphatic heterocycles. The summed E-state index contributed by atoms with van der Waals surface area (Å²) in [5, 5.41) is 12.6. The number of amides is 1. The summed E-state index contributed by atoms with van der Waals surface area (Å²) in [7, 11) is 0. The van der Waals surface area contributed by atoms with E-state index < -0.39 is 6.09 Å². The van der Waals surface area contributed by atoms with Gasteiger partial charge in [0.2, 0.25) is 0 Å². The predicted octanol–water partition coefficient (Wildman–Crippen LogP) is -0.110. The van der Waals surface area contributed by atoms with Crippen LogP contribution in [0.1, 0.15) is 6.92 Å². The van der Waals surface area contributed by atoms with E-state index in [-0.39, 0.29) is 6.04 Å². The molecule has 0 aromatic carbocycles. The fourth-order valence-corrected chi connectivity index (χ4v) is 0.960. The fourth-order valence-electron chi connectivity index (χ4n) is 0.960. The first kappa shape index (κ1) is 8.29. The Labute approximate surface area is 64.9 Å². The molecule has 1 heterocycles. The summed E-state index contributed by atoms with van der Waals surface area (Å²) < 4.78 is 0. The van der Waals surface area contributed by atoms with Gasteiger partial charge in [-0.25, -0.2) is 4.79 Å². The minimum Gasteiger partial charge on any atom is -0.463 e. The van der Waals surface area contributed by atoms with Crippen LogP contribution in [0.2, 0.25) is 0 Å². The highest BCUT2D eigenvalue weighted by Crippen LogP contribution is 1.98. The van der Waals surface area contributed by atoms with Crippen molar-refractivity contribution in [2.45, 2.75) is 13.0 Å². The smallest absolute Gasteiger partial charge is 0.431 e. The van der Waals surface area contributed by atoms with Crippen molar-refractivity contribution >= 4 is 6.09 Å². The van der Waals surface area contributed by atoms with E-state index in [0.29, 0.717) is 19.7 Å². The van der Waals surface area contributed by atoms with Gasteiger partial charge in [-0.1, -0.05) is 0 Å². The standard InChI is InChI=1S/C6H12N2O3/c1-5-4-8(6(9)10)11-3-2-7-5/h5,7H,2-4H2,1H3,(H,9,10). The van der Waals surface area contributed by atoms with Crippen molar-refractivity contribution in [1.29, 1.82) is 0 Å². The van der Waals surface area contributed by atoms with Gasteiger partial charge in [0.15, 0.2) is 0 Å². The van der Waals surface area contributed by atoms with E-state index in [1.54, 1.807) is 0 Å². The summed E-state index contributed by atoms with van der Waals surface area (Å²) in [4.78, 5) is 15.3. The highest BCUT2D eigenvalue weighted by atomic mass is 16.7. The molecule has 0 aromatic heterocycles. The molecule has 5 heteroatoms. The van der Waals surface area contributed by atoms with Crippen molar-refractivity contribution in [2.24, 2.45) is 0 Å². The van der Waals surface area contributed by atoms with Crippen LogP contribution < -0.4 is 5.32 Å². The van der Waals surface area contributed by atoms with Gasteiger partial charge in [0.05, 0.1) is 13.2 Å². The van der Waals surface area contributed by atoms with Crippen LogP contribution in [0, 0.1) is 0 Å². The molecule has 1 atom stereocenters. The molecule has 11 heavy (non-hydrogen) atoms. The number of carbonyl (C=O) groups is 1. The van der Waals surface area contributed by atoms with Crippen LogP contribution in [0.5, 0.6) is 0 Å². The van der Waals surface area contributed by atoms with Gasteiger partial charge in [0, 0.05) is 12.6 Å². The zero-order valence-corrected chi connectivity index (χ0v) is 6.41. The van der Waals surface area contributed by atoms with E-state index in [2.05, 4.69) is 5.32 Å². The maximum absolute atomic E-state index is 10.4. The second-order valence-electron chi connectivity index (χ2n) is 2.53. The maximum atomic E-state index is 10.4. The average molecular weight is 160 g/mol. The van der Waals surface area contributed by atoms with Gasteiger partial charge in [0.1, 0.15) is 0 Å². The quantitative estimate of drug-likeness (QED) is 0.519. The van der Waals surface area contributed by atoms with Gasteiger partial charge in [-0.15, -0.1) is 0 Å². The lowest BCUT2D eigenvalue weighted by molar-refractivity contribution is -0.121. The van der Waals surface area contributed by atoms with Crippen LogP contribution in [0.3, 0.4) is 0 Å². The third-order valence-electron chi connectivity index (χ3n) is 1.50. The van der Waals surface area contributed by atoms with E-state index in [1.165, 1.54) is 0 Å². The van der Waals surface area contributed by atoms with Crippen LogP contribution in [0.15, 0.2) is 0 Å². The molecule has 1 unspecified atom stereocenters. The van der Waals surface area contributed by atoms with Crippen molar-refractivity contribution in [2.75, 3.05) is 19.7 Å². The lowest BCUT2D eigenvalue weighted by Gasteiger charge is -2.16. The first-order valence-corrected chi connectivity index (χ1v) is 3.57. The van der Waals surface area contributed by atoms with E-state index in [1.807, 2.05) is 6.92 Å². The number of hydroxylamine groups is 2. The van der Waals surface area contributed by atoms with E-state index >= 15 is 0 Å². The summed E-state index contributed by atoms with van der Waals surface area (Å²) in [5.41, 5.74) is 0. The molecular weight excluding hydrogens is 148 g/mol. The second-order valence-corrected chi connectivity index (χ2v) is 2.53. The van der Waals surface area contributed by atoms with Crippen LogP contribution in [0.4, 0.5) is 4.79 Å². The number of rotatable bonds is 0. The monoisotopic (exact) mass is 160 g/mol. The molecule has 0 spiro atoms. The van der Waals surface area contributed by atoms with Crippen LogP contribution in [0.25, 0.3) is 0 Å². The van der Waals surface area contributed by atoms with Gasteiger partial charge >= 0.3 is 6.09 Å². The number of carboxylic acid groups (broad SMARTS) is 1. The van der Waals surface area contributed by atoms with Crippen LogP contribution in [-0.4, -0.2) is 42.0 Å². The minimum atomic E-state index is -1.03. The lowest BCUT2D eigenvalue weighted by atomic mass is 10.3. The minimum absolute atomic E-state index is 0.161. The molecule has 0 aromatic rings. The molecule has 1 rings (SSSR count). The molecule has 1 saturated heterocycles. The average Bonchev–Trinajstić information content (AvgIpc) is 2.13. The Bertz CT molecular complexity index is 151. The van der Waals surface area contributed by atoms with Gasteiger partial charge in [-0.05, 0) is 6.92 Å². The first-order chi connectivity index (χ1) is 5.20. The van der Waals surface area contributed by atoms with Gasteiger partial charge in [-0.2, -0.15) is 5.06 Å². The van der Waals surface area contributed by atoms with Crippen molar-refractivity contribution < 1.29 is 14.7 Å². The number of nitrogens with zero attached hydrogens (tertiary/aromatic N) is 1. The SMILES string of the molecule is CC1CN(C(=O)O)OCCN1. The molecule has 0 aliphatic carbocycles. The van der Waals surface area contributed by atoms with Crippen LogP contribution >= 0.6 is 0 Å². The Morgan fingerprint density at radius 1 is 1.82 bits per heavy atom. The highest BCUT2D eigenvalue weighted by Gasteiger charge is 2.18. The largest absolute Gasteiger partial charge is 0.463 e. The molecule has 5 nitrogen and oxygen atoms in total. The zero-order chi connectivity index (χ0) is 8.27. The summed E-state index contributed by atoms with van der Waals surface area (Å²) >= 11 is 0. The Kier molecular flexibility index (Phi) is 2.67. The molecule has 1 amide bonds. The topological polar surface area (TPSA) is 61.8 Å². The third-order valence-corrected chi connectivity index (χ3v) is 1.50. The van der Waals surface area contributed by atoms with Crippen molar-refractivity contribution in [1.82, 2.24) is 10.4 Å². The summed E-state index contributed by atoms with van der Waals surface area (Å²) in [6.07, 6.45) is -1.03. The third kappa shape index (κ3) is 2.36. The first-order valence-electron chi connectivity index (χ1n) is 3.57. The Morgan fingerprint density at radius 2 is 2.55 bits per heavy atom. The Hall–Kier alpha value is -0.810. The zero-order valence-electron chi connectivity index (χ0n) is 6.41. The number of hydrogen-bond acceptors (Lipinski definition) is 3. The van der Waals surface area contributed by atoms with E-state index in [9.17, 15) is 4.79 Å². The molecular formula is C6H12N2O3. The second kappa shape index (κ2) is 3.54. The summed E-state index contributed by atoms with van der Waals surface area (Å²) in [6, 6.07) is 0.161. The molecule has 1 fully saturated rings. The summed E-state index contributed by atoms with van der Waals surface area (Å²) in [6.45, 7) is 3.42. The Morgan fingerprint density at radius 3 is 3.18 bits per heavy atom.